The van der Waals surface area contributed by atoms with Crippen LogP contribution in [-0.2, 0) is 11.3 Å². The van der Waals surface area contributed by atoms with Crippen molar-refractivity contribution in [2.75, 3.05) is 24.7 Å². The Bertz CT molecular complexity index is 404. The third-order valence-corrected chi connectivity index (χ3v) is 3.08. The molecule has 0 aliphatic heterocycles. The second kappa shape index (κ2) is 8.24. The van der Waals surface area contributed by atoms with Crippen LogP contribution in [0.15, 0.2) is 24.3 Å². The van der Waals surface area contributed by atoms with Crippen molar-refractivity contribution in [1.29, 1.82) is 0 Å². The number of nitrogens with two attached hydrogens (primary N) is 1. The summed E-state index contributed by atoms with van der Waals surface area (Å²) in [4.78, 5) is 2.14. The highest BCUT2D eigenvalue weighted by Crippen LogP contribution is 2.19. The third kappa shape index (κ3) is 6.82. The monoisotopic (exact) mass is 304 g/mol. The van der Waals surface area contributed by atoms with Crippen molar-refractivity contribution in [3.05, 3.63) is 29.8 Å². The molecule has 0 spiro atoms. The van der Waals surface area contributed by atoms with Crippen molar-refractivity contribution in [3.63, 3.8) is 0 Å². The molecule has 3 nitrogen and oxygen atoms in total. The minimum absolute atomic E-state index is 0.101. The van der Waals surface area contributed by atoms with Gasteiger partial charge in [-0.3, -0.25) is 0 Å². The smallest absolute Gasteiger partial charge is 0.372 e. The fourth-order valence-electron chi connectivity index (χ4n) is 2.03. The van der Waals surface area contributed by atoms with Crippen molar-refractivity contribution in [2.45, 2.75) is 39.0 Å². The minimum atomic E-state index is -4.25. The van der Waals surface area contributed by atoms with E-state index in [1.165, 1.54) is 0 Å². The zero-order valence-corrected chi connectivity index (χ0v) is 12.5. The number of hydrogen-bond donors (Lipinski definition) is 1. The Kier molecular flexibility index (Phi) is 6.98. The molecule has 0 radical (unpaired) electrons. The molecular weight excluding hydrogens is 281 g/mol. The molecule has 0 saturated heterocycles. The van der Waals surface area contributed by atoms with E-state index in [0.29, 0.717) is 19.5 Å². The average molecular weight is 304 g/mol. The molecule has 0 bridgehead atoms. The van der Waals surface area contributed by atoms with Crippen LogP contribution < -0.4 is 10.6 Å². The molecule has 120 valence electrons. The standard InChI is InChI=1S/C15H23F3N2O/c1-12(2)20(8-3-9-21-11-15(16,17)18)14-6-4-13(10-19)5-7-14/h4-7,12H,3,8-11,19H2,1-2H3. The molecule has 0 unspecified atom stereocenters. The Hall–Kier alpha value is -1.27. The van der Waals surface area contributed by atoms with E-state index < -0.39 is 12.8 Å². The molecule has 0 fully saturated rings. The first-order valence-corrected chi connectivity index (χ1v) is 7.03. The fraction of sp³-hybridized carbons (Fsp3) is 0.600. The molecule has 1 aromatic rings. The zero-order chi connectivity index (χ0) is 15.9. The van der Waals surface area contributed by atoms with Crippen LogP contribution >= 0.6 is 0 Å². The second-order valence-electron chi connectivity index (χ2n) is 5.18. The summed E-state index contributed by atoms with van der Waals surface area (Å²) in [6.07, 6.45) is -3.71. The summed E-state index contributed by atoms with van der Waals surface area (Å²) < 4.78 is 40.5. The van der Waals surface area contributed by atoms with Gasteiger partial charge in [0.2, 0.25) is 0 Å². The summed E-state index contributed by atoms with van der Waals surface area (Å²) in [6.45, 7) is 4.16. The minimum Gasteiger partial charge on any atom is -0.372 e. The summed E-state index contributed by atoms with van der Waals surface area (Å²) >= 11 is 0. The Balaban J connectivity index is 2.46. The maximum Gasteiger partial charge on any atom is 0.411 e. The predicted octanol–water partition coefficient (Wildman–Crippen LogP) is 3.33. The van der Waals surface area contributed by atoms with Gasteiger partial charge in [-0.15, -0.1) is 0 Å². The normalized spacial score (nSPS) is 12.0. The quantitative estimate of drug-likeness (QED) is 0.749. The van der Waals surface area contributed by atoms with Crippen LogP contribution in [0, 0.1) is 0 Å². The third-order valence-electron chi connectivity index (χ3n) is 3.08. The van der Waals surface area contributed by atoms with E-state index in [9.17, 15) is 13.2 Å². The number of alkyl halides is 3. The molecule has 0 aliphatic rings. The van der Waals surface area contributed by atoms with Gasteiger partial charge in [0, 0.05) is 31.4 Å². The van der Waals surface area contributed by atoms with Crippen LogP contribution in [0.3, 0.4) is 0 Å². The van der Waals surface area contributed by atoms with Gasteiger partial charge in [-0.1, -0.05) is 12.1 Å². The lowest BCUT2D eigenvalue weighted by Crippen LogP contribution is -2.32. The maximum atomic E-state index is 12.0. The molecule has 0 aliphatic carbocycles. The number of nitrogens with zero attached hydrogens (tertiary/aromatic N) is 1. The lowest BCUT2D eigenvalue weighted by Gasteiger charge is -2.29. The Labute approximate surface area is 123 Å². The first-order valence-electron chi connectivity index (χ1n) is 7.03. The SMILES string of the molecule is CC(C)N(CCCOCC(F)(F)F)c1ccc(CN)cc1. The number of hydrogen-bond acceptors (Lipinski definition) is 3. The van der Waals surface area contributed by atoms with Gasteiger partial charge in [0.05, 0.1) is 0 Å². The van der Waals surface area contributed by atoms with Gasteiger partial charge in [-0.25, -0.2) is 0 Å². The number of halogens is 3. The maximum absolute atomic E-state index is 12.0. The number of ether oxygens (including phenoxy) is 1. The summed E-state index contributed by atoms with van der Waals surface area (Å²) in [7, 11) is 0. The van der Waals surface area contributed by atoms with Gasteiger partial charge in [0.1, 0.15) is 6.61 Å². The molecule has 21 heavy (non-hydrogen) atoms. The van der Waals surface area contributed by atoms with Crippen molar-refractivity contribution >= 4 is 5.69 Å². The van der Waals surface area contributed by atoms with Crippen LogP contribution in [0.1, 0.15) is 25.8 Å². The van der Waals surface area contributed by atoms with E-state index >= 15 is 0 Å². The van der Waals surface area contributed by atoms with Crippen LogP contribution in [0.5, 0.6) is 0 Å². The summed E-state index contributed by atoms with van der Waals surface area (Å²) in [5, 5.41) is 0. The van der Waals surface area contributed by atoms with Gasteiger partial charge < -0.3 is 15.4 Å². The van der Waals surface area contributed by atoms with Gasteiger partial charge in [-0.05, 0) is 38.0 Å². The highest BCUT2D eigenvalue weighted by molar-refractivity contribution is 5.48. The Morgan fingerprint density at radius 3 is 2.29 bits per heavy atom. The molecule has 0 heterocycles. The summed E-state index contributed by atoms with van der Waals surface area (Å²) in [6, 6.07) is 8.16. The Morgan fingerprint density at radius 2 is 1.81 bits per heavy atom. The highest BCUT2D eigenvalue weighted by atomic mass is 19.4. The van der Waals surface area contributed by atoms with Crippen LogP contribution in [-0.4, -0.2) is 32.0 Å². The van der Waals surface area contributed by atoms with E-state index in [4.69, 9.17) is 5.73 Å². The topological polar surface area (TPSA) is 38.5 Å². The van der Waals surface area contributed by atoms with E-state index in [-0.39, 0.29) is 12.6 Å². The summed E-state index contributed by atoms with van der Waals surface area (Å²) in [5.74, 6) is 0. The molecule has 1 aromatic carbocycles. The molecule has 6 heteroatoms. The van der Waals surface area contributed by atoms with E-state index in [2.05, 4.69) is 9.64 Å². The van der Waals surface area contributed by atoms with Crippen molar-refractivity contribution < 1.29 is 17.9 Å². The van der Waals surface area contributed by atoms with E-state index in [1.807, 2.05) is 38.1 Å². The van der Waals surface area contributed by atoms with E-state index in [1.54, 1.807) is 0 Å². The van der Waals surface area contributed by atoms with Gasteiger partial charge in [-0.2, -0.15) is 13.2 Å². The molecule has 1 rings (SSSR count). The van der Waals surface area contributed by atoms with Gasteiger partial charge in [0.15, 0.2) is 0 Å². The number of anilines is 1. The van der Waals surface area contributed by atoms with E-state index in [0.717, 1.165) is 11.3 Å². The second-order valence-corrected chi connectivity index (χ2v) is 5.18. The molecule has 0 aromatic heterocycles. The zero-order valence-electron chi connectivity index (χ0n) is 12.5. The predicted molar refractivity (Wildman–Crippen MR) is 78.3 cm³/mol. The number of rotatable bonds is 8. The lowest BCUT2D eigenvalue weighted by atomic mass is 10.1. The molecule has 0 atom stereocenters. The van der Waals surface area contributed by atoms with Gasteiger partial charge in [0.25, 0.3) is 0 Å². The Morgan fingerprint density at radius 1 is 1.19 bits per heavy atom. The van der Waals surface area contributed by atoms with Crippen molar-refractivity contribution in [1.82, 2.24) is 0 Å². The van der Waals surface area contributed by atoms with Gasteiger partial charge >= 0.3 is 6.18 Å². The van der Waals surface area contributed by atoms with Crippen LogP contribution in [0.25, 0.3) is 0 Å². The lowest BCUT2D eigenvalue weighted by molar-refractivity contribution is -0.173. The molecule has 0 saturated carbocycles. The van der Waals surface area contributed by atoms with Crippen molar-refractivity contribution in [2.24, 2.45) is 5.73 Å². The van der Waals surface area contributed by atoms with Crippen LogP contribution in [0.2, 0.25) is 0 Å². The first kappa shape index (κ1) is 17.8. The number of benzene rings is 1. The average Bonchev–Trinajstić information content (AvgIpc) is 2.41. The van der Waals surface area contributed by atoms with Crippen LogP contribution in [0.4, 0.5) is 18.9 Å². The van der Waals surface area contributed by atoms with Crippen molar-refractivity contribution in [3.8, 4) is 0 Å². The largest absolute Gasteiger partial charge is 0.411 e. The summed E-state index contributed by atoms with van der Waals surface area (Å²) in [5.41, 5.74) is 7.65. The molecule has 2 N–H and O–H groups in total. The fourth-order valence-corrected chi connectivity index (χ4v) is 2.03. The highest BCUT2D eigenvalue weighted by Gasteiger charge is 2.27. The first-order chi connectivity index (χ1) is 9.83. The molecule has 0 amide bonds. The molecular formula is C15H23F3N2O.